The average Bonchev–Trinajstić information content (AvgIpc) is 3.21. The summed E-state index contributed by atoms with van der Waals surface area (Å²) in [6, 6.07) is 19.1. The third kappa shape index (κ3) is 7.08. The fourth-order valence-corrected chi connectivity index (χ4v) is 4.91. The van der Waals surface area contributed by atoms with E-state index in [2.05, 4.69) is 18.8 Å². The highest BCUT2D eigenvalue weighted by molar-refractivity contribution is 6.56. The Kier molecular flexibility index (Phi) is 9.44. The van der Waals surface area contributed by atoms with Crippen molar-refractivity contribution in [3.8, 4) is 5.75 Å². The van der Waals surface area contributed by atoms with Crippen molar-refractivity contribution in [2.24, 2.45) is 10.9 Å². The maximum Gasteiger partial charge on any atom is 0.416 e. The van der Waals surface area contributed by atoms with Crippen LogP contribution in [0.1, 0.15) is 69.9 Å². The molecule has 1 amide bonds. The second-order valence-corrected chi connectivity index (χ2v) is 9.89. The Bertz CT molecular complexity index is 1280. The van der Waals surface area contributed by atoms with Crippen molar-refractivity contribution in [3.05, 3.63) is 83.9 Å². The van der Waals surface area contributed by atoms with E-state index >= 15 is 0 Å². The zero-order valence-electron chi connectivity index (χ0n) is 22.5. The van der Waals surface area contributed by atoms with Crippen LogP contribution < -0.4 is 9.64 Å². The first-order chi connectivity index (χ1) is 18.8. The number of anilines is 2. The van der Waals surface area contributed by atoms with Crippen LogP contribution in [0.15, 0.2) is 77.8 Å². The Balaban J connectivity index is 1.41. The van der Waals surface area contributed by atoms with E-state index in [0.717, 1.165) is 36.6 Å². The van der Waals surface area contributed by atoms with Crippen LogP contribution in [0.4, 0.5) is 30.2 Å². The van der Waals surface area contributed by atoms with E-state index in [4.69, 9.17) is 4.74 Å². The number of halogens is 3. The van der Waals surface area contributed by atoms with Crippen molar-refractivity contribution in [2.75, 3.05) is 11.5 Å². The van der Waals surface area contributed by atoms with Crippen LogP contribution in [-0.4, -0.2) is 18.2 Å². The van der Waals surface area contributed by atoms with Gasteiger partial charge in [0.15, 0.2) is 0 Å². The number of carbonyl (C=O) groups excluding carboxylic acids is 1. The minimum absolute atomic E-state index is 0.0733. The molecule has 0 spiro atoms. The third-order valence-corrected chi connectivity index (χ3v) is 7.25. The molecule has 3 aromatic rings. The summed E-state index contributed by atoms with van der Waals surface area (Å²) >= 11 is 0. The molecule has 1 heterocycles. The Morgan fingerprint density at radius 3 is 2.31 bits per heavy atom. The van der Waals surface area contributed by atoms with E-state index in [1.807, 2.05) is 30.3 Å². The number of carbonyl (C=O) groups is 1. The Hall–Kier alpha value is -3.61. The smallest absolute Gasteiger partial charge is 0.416 e. The number of hydrogen-bond donors (Lipinski definition) is 0. The second kappa shape index (κ2) is 13.0. The van der Waals surface area contributed by atoms with E-state index in [0.29, 0.717) is 23.5 Å². The summed E-state index contributed by atoms with van der Waals surface area (Å²) in [5.41, 5.74) is 1.21. The number of amides is 1. The number of nitrogens with zero attached hydrogens (tertiary/aromatic N) is 2. The standard InChI is InChI=1S/C32H35F3N2O2/c1-3-23(4-2)12-7-5-6-10-21-39-27-19-17-26(18-20-27)37-29-16-9-8-15-28(29)30(31(37)38)36-25-14-11-13-24(22-25)32(33,34)35/h8-9,11,13-20,22-23H,3-7,10,12,21H2,1-2H3. The number of ether oxygens (including phenoxy) is 1. The van der Waals surface area contributed by atoms with Crippen molar-refractivity contribution in [2.45, 2.75) is 65.0 Å². The minimum atomic E-state index is -4.49. The van der Waals surface area contributed by atoms with Gasteiger partial charge in [0.1, 0.15) is 11.5 Å². The predicted octanol–water partition coefficient (Wildman–Crippen LogP) is 9.27. The highest BCUT2D eigenvalue weighted by Gasteiger charge is 2.35. The summed E-state index contributed by atoms with van der Waals surface area (Å²) in [7, 11) is 0. The summed E-state index contributed by atoms with van der Waals surface area (Å²) in [5.74, 6) is 1.18. The number of para-hydroxylation sites is 1. The monoisotopic (exact) mass is 536 g/mol. The lowest BCUT2D eigenvalue weighted by atomic mass is 9.96. The molecular formula is C32H35F3N2O2. The number of unbranched alkanes of at least 4 members (excludes halogenated alkanes) is 3. The summed E-state index contributed by atoms with van der Waals surface area (Å²) in [6.07, 6.45) is 3.97. The summed E-state index contributed by atoms with van der Waals surface area (Å²) in [5, 5.41) is 0. The fourth-order valence-electron chi connectivity index (χ4n) is 4.91. The van der Waals surface area contributed by atoms with Crippen molar-refractivity contribution < 1.29 is 22.7 Å². The molecule has 0 radical (unpaired) electrons. The van der Waals surface area contributed by atoms with Crippen LogP contribution >= 0.6 is 0 Å². The first-order valence-corrected chi connectivity index (χ1v) is 13.7. The van der Waals surface area contributed by atoms with Gasteiger partial charge in [-0.15, -0.1) is 0 Å². The van der Waals surface area contributed by atoms with Gasteiger partial charge in [0.2, 0.25) is 0 Å². The first kappa shape index (κ1) is 28.4. The van der Waals surface area contributed by atoms with Crippen LogP contribution in [0.25, 0.3) is 0 Å². The zero-order chi connectivity index (χ0) is 27.8. The number of benzene rings is 3. The molecule has 39 heavy (non-hydrogen) atoms. The van der Waals surface area contributed by atoms with Crippen molar-refractivity contribution in [3.63, 3.8) is 0 Å². The molecule has 1 aliphatic rings. The van der Waals surface area contributed by atoms with Crippen LogP contribution in [-0.2, 0) is 11.0 Å². The average molecular weight is 537 g/mol. The third-order valence-electron chi connectivity index (χ3n) is 7.25. The van der Waals surface area contributed by atoms with Gasteiger partial charge >= 0.3 is 6.18 Å². The first-order valence-electron chi connectivity index (χ1n) is 13.7. The quantitative estimate of drug-likeness (QED) is 0.217. The van der Waals surface area contributed by atoms with Gasteiger partial charge in [0, 0.05) is 11.3 Å². The summed E-state index contributed by atoms with van der Waals surface area (Å²) in [4.78, 5) is 19.3. The molecule has 0 aliphatic carbocycles. The lowest BCUT2D eigenvalue weighted by Crippen LogP contribution is -2.25. The van der Waals surface area contributed by atoms with Gasteiger partial charge < -0.3 is 4.74 Å². The fraction of sp³-hybridized carbons (Fsp3) is 0.375. The topological polar surface area (TPSA) is 41.9 Å². The van der Waals surface area contributed by atoms with Crippen molar-refractivity contribution in [1.82, 2.24) is 0 Å². The van der Waals surface area contributed by atoms with Crippen LogP contribution in [0.5, 0.6) is 5.75 Å². The molecule has 0 aromatic heterocycles. The van der Waals surface area contributed by atoms with E-state index in [-0.39, 0.29) is 11.4 Å². The molecule has 7 heteroatoms. The highest BCUT2D eigenvalue weighted by atomic mass is 19.4. The molecule has 0 bridgehead atoms. The van der Waals surface area contributed by atoms with E-state index in [9.17, 15) is 18.0 Å². The molecule has 0 atom stereocenters. The van der Waals surface area contributed by atoms with Gasteiger partial charge in [-0.1, -0.05) is 76.6 Å². The Morgan fingerprint density at radius 1 is 0.872 bits per heavy atom. The number of rotatable bonds is 12. The van der Waals surface area contributed by atoms with E-state index < -0.39 is 17.6 Å². The number of alkyl halides is 3. The van der Waals surface area contributed by atoms with Gasteiger partial charge in [-0.05, 0) is 60.9 Å². The molecule has 3 aromatic carbocycles. The van der Waals surface area contributed by atoms with Crippen molar-refractivity contribution in [1.29, 1.82) is 0 Å². The largest absolute Gasteiger partial charge is 0.494 e. The molecule has 206 valence electrons. The molecule has 0 fully saturated rings. The molecule has 4 nitrogen and oxygen atoms in total. The van der Waals surface area contributed by atoms with Gasteiger partial charge in [-0.3, -0.25) is 9.69 Å². The lowest BCUT2D eigenvalue weighted by molar-refractivity contribution is -0.137. The van der Waals surface area contributed by atoms with Crippen molar-refractivity contribution >= 4 is 28.7 Å². The van der Waals surface area contributed by atoms with E-state index in [1.165, 1.54) is 49.1 Å². The maximum atomic E-state index is 13.5. The molecule has 0 saturated carbocycles. The lowest BCUT2D eigenvalue weighted by Gasteiger charge is -2.17. The molecule has 0 saturated heterocycles. The van der Waals surface area contributed by atoms with Crippen LogP contribution in [0.3, 0.4) is 0 Å². The Labute approximate surface area is 228 Å². The number of fused-ring (bicyclic) bond motifs is 1. The van der Waals surface area contributed by atoms with Gasteiger partial charge in [0.05, 0.1) is 23.5 Å². The number of aliphatic imine (C=N–C) groups is 1. The highest BCUT2D eigenvalue weighted by Crippen LogP contribution is 2.38. The normalized spacial score (nSPS) is 14.4. The summed E-state index contributed by atoms with van der Waals surface area (Å²) < 4.78 is 45.4. The van der Waals surface area contributed by atoms with Crippen LogP contribution in [0, 0.1) is 5.92 Å². The van der Waals surface area contributed by atoms with Crippen LogP contribution in [0.2, 0.25) is 0 Å². The maximum absolute atomic E-state index is 13.5. The zero-order valence-corrected chi connectivity index (χ0v) is 22.5. The molecule has 4 rings (SSSR count). The second-order valence-electron chi connectivity index (χ2n) is 9.89. The number of hydrogen-bond acceptors (Lipinski definition) is 3. The SMILES string of the molecule is CCC(CC)CCCCCCOc1ccc(N2C(=O)C(=Nc3cccc(C(F)(F)F)c3)c3ccccc32)cc1. The minimum Gasteiger partial charge on any atom is -0.494 e. The molecule has 0 unspecified atom stereocenters. The van der Waals surface area contributed by atoms with Gasteiger partial charge in [-0.2, -0.15) is 13.2 Å². The van der Waals surface area contributed by atoms with Gasteiger partial charge in [0.25, 0.3) is 5.91 Å². The van der Waals surface area contributed by atoms with E-state index in [1.54, 1.807) is 18.2 Å². The molecular weight excluding hydrogens is 501 g/mol. The molecule has 0 N–H and O–H groups in total. The summed E-state index contributed by atoms with van der Waals surface area (Å²) in [6.45, 7) is 5.17. The molecule has 1 aliphatic heterocycles. The van der Waals surface area contributed by atoms with Gasteiger partial charge in [-0.25, -0.2) is 4.99 Å². The predicted molar refractivity (Wildman–Crippen MR) is 150 cm³/mol. The Morgan fingerprint density at radius 2 is 1.59 bits per heavy atom.